The van der Waals surface area contributed by atoms with Crippen LogP contribution in [0.3, 0.4) is 0 Å². The van der Waals surface area contributed by atoms with Gasteiger partial charge in [0.2, 0.25) is 5.91 Å². The van der Waals surface area contributed by atoms with Crippen LogP contribution >= 0.6 is 9.24 Å². The second-order valence-electron chi connectivity index (χ2n) is 5.79. The molecule has 1 unspecified atom stereocenters. The molecule has 3 N–H and O–H groups in total. The summed E-state index contributed by atoms with van der Waals surface area (Å²) >= 11 is 0. The van der Waals surface area contributed by atoms with E-state index in [0.29, 0.717) is 77.8 Å². The normalized spacial score (nSPS) is 11.4. The maximum Gasteiger partial charge on any atom is 0.222 e. The lowest BCUT2D eigenvalue weighted by Gasteiger charge is -2.17. The van der Waals surface area contributed by atoms with Gasteiger partial charge in [-0.1, -0.05) is 9.24 Å². The first-order valence-corrected chi connectivity index (χ1v) is 9.69. The molecule has 0 aromatic carbocycles. The van der Waals surface area contributed by atoms with Gasteiger partial charge in [0, 0.05) is 32.6 Å². The summed E-state index contributed by atoms with van der Waals surface area (Å²) in [5.41, 5.74) is 0.388. The van der Waals surface area contributed by atoms with Crippen molar-refractivity contribution >= 4 is 32.6 Å². The first-order valence-electron chi connectivity index (χ1n) is 9.11. The van der Waals surface area contributed by atoms with E-state index in [-0.39, 0.29) is 18.0 Å². The van der Waals surface area contributed by atoms with Crippen molar-refractivity contribution in [1.29, 1.82) is 5.41 Å². The third-order valence-electron chi connectivity index (χ3n) is 3.51. The van der Waals surface area contributed by atoms with Crippen molar-refractivity contribution in [3.05, 3.63) is 0 Å². The molecule has 0 radical (unpaired) electrons. The fraction of sp³-hybridized carbons (Fsp3) is 0.765. The van der Waals surface area contributed by atoms with Crippen molar-refractivity contribution in [3.63, 3.8) is 0 Å². The Hall–Kier alpha value is -1.45. The zero-order valence-electron chi connectivity index (χ0n) is 16.6. The molecule has 1 amide bonds. The first kappa shape index (κ1) is 26.6. The van der Waals surface area contributed by atoms with Gasteiger partial charge >= 0.3 is 0 Å². The molecule has 10 nitrogen and oxygen atoms in total. The Morgan fingerprint density at radius 1 is 1.00 bits per heavy atom. The monoisotopic (exact) mass is 420 g/mol. The maximum atomic E-state index is 11.8. The molecule has 28 heavy (non-hydrogen) atoms. The number of nitrogens with two attached hydrogens (primary N) is 1. The van der Waals surface area contributed by atoms with Crippen molar-refractivity contribution < 1.29 is 28.5 Å². The van der Waals surface area contributed by atoms with Crippen molar-refractivity contribution in [1.82, 2.24) is 4.90 Å². The number of nitrogens with one attached hydrogen (secondary N) is 1. The van der Waals surface area contributed by atoms with E-state index in [4.69, 9.17) is 30.2 Å². The lowest BCUT2D eigenvalue weighted by Crippen LogP contribution is -2.30. The minimum Gasteiger partial charge on any atom is -0.377 e. The molecule has 0 aliphatic carbocycles. The van der Waals surface area contributed by atoms with Gasteiger partial charge in [0.25, 0.3) is 0 Å². The van der Waals surface area contributed by atoms with E-state index in [2.05, 4.69) is 14.3 Å². The van der Waals surface area contributed by atoms with Crippen LogP contribution in [0.5, 0.6) is 0 Å². The summed E-state index contributed by atoms with van der Waals surface area (Å²) in [6, 6.07) is 0. The third kappa shape index (κ3) is 16.7. The average molecular weight is 420 g/mol. The molecule has 0 bridgehead atoms. The van der Waals surface area contributed by atoms with Crippen LogP contribution in [0.1, 0.15) is 19.3 Å². The van der Waals surface area contributed by atoms with Gasteiger partial charge in [-0.25, -0.2) is 0 Å². The van der Waals surface area contributed by atoms with E-state index in [0.717, 1.165) is 6.21 Å². The van der Waals surface area contributed by atoms with E-state index in [1.807, 2.05) is 0 Å². The predicted molar refractivity (Wildman–Crippen MR) is 110 cm³/mol. The van der Waals surface area contributed by atoms with E-state index >= 15 is 0 Å². The summed E-state index contributed by atoms with van der Waals surface area (Å²) in [7, 11) is 3.84. The lowest BCUT2D eigenvalue weighted by atomic mass is 10.2. The standard InChI is InChI=1S/C17H33N4O6P/c1-21(16(22)3-2-4-17(23)28)5-6-24-7-8-25-9-10-26-11-12-27-14-15(13-18)20-19/h13,18H,2-12,14,19,28H2,1H3. The van der Waals surface area contributed by atoms with Gasteiger partial charge < -0.3 is 35.1 Å². The fourth-order valence-electron chi connectivity index (χ4n) is 1.88. The van der Waals surface area contributed by atoms with Crippen molar-refractivity contribution in [3.8, 4) is 0 Å². The van der Waals surface area contributed by atoms with Crippen LogP contribution < -0.4 is 5.84 Å². The number of amides is 1. The molecular weight excluding hydrogens is 387 g/mol. The number of carbonyl (C=O) groups excluding carboxylic acids is 2. The molecule has 0 aromatic rings. The van der Waals surface area contributed by atoms with Crippen molar-refractivity contribution in [2.45, 2.75) is 19.3 Å². The molecule has 0 fully saturated rings. The highest BCUT2D eigenvalue weighted by molar-refractivity contribution is 7.40. The van der Waals surface area contributed by atoms with Gasteiger partial charge in [-0.05, 0) is 6.42 Å². The van der Waals surface area contributed by atoms with Crippen LogP contribution in [-0.4, -0.2) is 94.7 Å². The summed E-state index contributed by atoms with van der Waals surface area (Å²) in [5.74, 6) is 5.06. The van der Waals surface area contributed by atoms with Crippen molar-refractivity contribution in [2.24, 2.45) is 10.9 Å². The van der Waals surface area contributed by atoms with Crippen molar-refractivity contribution in [2.75, 3.05) is 66.4 Å². The van der Waals surface area contributed by atoms with Gasteiger partial charge in [-0.2, -0.15) is 5.10 Å². The Kier molecular flexibility index (Phi) is 17.9. The molecule has 162 valence electrons. The smallest absolute Gasteiger partial charge is 0.222 e. The van der Waals surface area contributed by atoms with Crippen LogP contribution in [0.25, 0.3) is 0 Å². The molecule has 0 rings (SSSR count). The predicted octanol–water partition coefficient (Wildman–Crippen LogP) is 0.0475. The van der Waals surface area contributed by atoms with Crippen LogP contribution in [-0.2, 0) is 28.5 Å². The molecular formula is C17H33N4O6P. The second kappa shape index (κ2) is 18.9. The number of hydrogen-bond acceptors (Lipinski definition) is 9. The number of carbonyl (C=O) groups is 2. The fourth-order valence-corrected chi connectivity index (χ4v) is 2.09. The Labute approximate surface area is 168 Å². The van der Waals surface area contributed by atoms with E-state index in [9.17, 15) is 9.59 Å². The van der Waals surface area contributed by atoms with Gasteiger partial charge in [0.05, 0.1) is 52.9 Å². The highest BCUT2D eigenvalue weighted by atomic mass is 31.0. The Morgan fingerprint density at radius 3 is 2.04 bits per heavy atom. The average Bonchev–Trinajstić information content (AvgIpc) is 2.67. The van der Waals surface area contributed by atoms with E-state index < -0.39 is 0 Å². The zero-order valence-corrected chi connectivity index (χ0v) is 17.7. The van der Waals surface area contributed by atoms with Crippen LogP contribution in [0.2, 0.25) is 0 Å². The topological polar surface area (TPSA) is 137 Å². The Bertz CT molecular complexity index is 479. The third-order valence-corrected chi connectivity index (χ3v) is 3.80. The minimum atomic E-state index is 0.0107. The number of hydrazone groups is 1. The van der Waals surface area contributed by atoms with Gasteiger partial charge in [0.1, 0.15) is 11.2 Å². The number of hydrogen-bond donors (Lipinski definition) is 2. The lowest BCUT2D eigenvalue weighted by molar-refractivity contribution is -0.130. The molecule has 0 spiro atoms. The number of nitrogens with zero attached hydrogens (tertiary/aromatic N) is 2. The summed E-state index contributed by atoms with van der Waals surface area (Å²) in [6.45, 7) is 3.72. The summed E-state index contributed by atoms with van der Waals surface area (Å²) < 4.78 is 21.4. The SMILES string of the molecule is CN(CCOCCOCCOCCOCC(C=N)=NN)C(=O)CCCC(=O)P. The molecule has 11 heteroatoms. The van der Waals surface area contributed by atoms with Crippen LogP contribution in [0, 0.1) is 5.41 Å². The molecule has 0 aliphatic heterocycles. The maximum absolute atomic E-state index is 11.8. The Balaban J connectivity index is 3.36. The first-order chi connectivity index (χ1) is 13.5. The number of rotatable bonds is 19. The molecule has 1 atom stereocenters. The highest BCUT2D eigenvalue weighted by Crippen LogP contribution is 2.03. The summed E-state index contributed by atoms with van der Waals surface area (Å²) in [4.78, 5) is 24.2. The van der Waals surface area contributed by atoms with E-state index in [1.54, 1.807) is 11.9 Å². The summed E-state index contributed by atoms with van der Waals surface area (Å²) in [6.07, 6.45) is 2.39. The quantitative estimate of drug-likeness (QED) is 0.0990. The molecule has 0 saturated heterocycles. The van der Waals surface area contributed by atoms with Crippen LogP contribution in [0.4, 0.5) is 0 Å². The van der Waals surface area contributed by atoms with Gasteiger partial charge in [-0.15, -0.1) is 0 Å². The molecule has 0 heterocycles. The number of likely N-dealkylation sites (N-methyl/N-ethyl adjacent to an activating group) is 1. The Morgan fingerprint density at radius 2 is 1.54 bits per heavy atom. The van der Waals surface area contributed by atoms with Gasteiger partial charge in [0.15, 0.2) is 0 Å². The second-order valence-corrected chi connectivity index (χ2v) is 6.43. The molecule has 0 saturated carbocycles. The largest absolute Gasteiger partial charge is 0.377 e. The molecule has 0 aliphatic rings. The zero-order chi connectivity index (χ0) is 21.0. The molecule has 0 aromatic heterocycles. The van der Waals surface area contributed by atoms with E-state index in [1.165, 1.54) is 0 Å². The number of ether oxygens (including phenoxy) is 4. The highest BCUT2D eigenvalue weighted by Gasteiger charge is 2.08. The van der Waals surface area contributed by atoms with Gasteiger partial charge in [-0.3, -0.25) is 9.59 Å². The van der Waals surface area contributed by atoms with Crippen LogP contribution in [0.15, 0.2) is 5.10 Å². The summed E-state index contributed by atoms with van der Waals surface area (Å²) in [5, 5.41) is 10.4. The minimum absolute atomic E-state index is 0.0107.